The lowest BCUT2D eigenvalue weighted by atomic mass is 10.3. The maximum atomic E-state index is 12.3. The molecule has 20 heavy (non-hydrogen) atoms. The molecule has 1 aromatic carbocycles. The van der Waals surface area contributed by atoms with Gasteiger partial charge in [0.2, 0.25) is 10.0 Å². The second-order valence-corrected chi connectivity index (χ2v) is 6.70. The van der Waals surface area contributed by atoms with Gasteiger partial charge in [0.25, 0.3) is 0 Å². The van der Waals surface area contributed by atoms with Crippen molar-refractivity contribution in [1.82, 2.24) is 19.9 Å². The van der Waals surface area contributed by atoms with Gasteiger partial charge in [-0.15, -0.1) is 0 Å². The smallest absolute Gasteiger partial charge is 0.244 e. The van der Waals surface area contributed by atoms with Gasteiger partial charge in [-0.2, -0.15) is 5.10 Å². The van der Waals surface area contributed by atoms with E-state index in [1.807, 2.05) is 0 Å². The predicted molar refractivity (Wildman–Crippen MR) is 76.1 cm³/mol. The summed E-state index contributed by atoms with van der Waals surface area (Å²) in [6, 6.07) is 2.86. The number of hydrogen-bond acceptors (Lipinski definition) is 5. The van der Waals surface area contributed by atoms with E-state index in [9.17, 15) is 8.42 Å². The standard InChI is InChI=1S/C10H10BrClN4O3S/c1-19-10-7(11)2-6(12)3-8(10)20(17,18)15-4-9-13-5-14-16-9/h2-3,5,15H,4H2,1H3,(H,13,14,16). The number of H-pyrrole nitrogens is 1. The molecule has 1 heterocycles. The highest BCUT2D eigenvalue weighted by molar-refractivity contribution is 9.10. The van der Waals surface area contributed by atoms with E-state index in [1.165, 1.54) is 19.5 Å². The SMILES string of the molecule is COc1c(Br)cc(Cl)cc1S(=O)(=O)NCc1ncn[nH]1. The normalized spacial score (nSPS) is 11.6. The van der Waals surface area contributed by atoms with Crippen LogP contribution in [0.2, 0.25) is 5.02 Å². The first-order valence-corrected chi connectivity index (χ1v) is 7.96. The van der Waals surface area contributed by atoms with Gasteiger partial charge in [0.15, 0.2) is 5.75 Å². The fraction of sp³-hybridized carbons (Fsp3) is 0.200. The molecule has 2 aromatic rings. The molecule has 0 radical (unpaired) electrons. The van der Waals surface area contributed by atoms with Crippen LogP contribution in [0.25, 0.3) is 0 Å². The number of nitrogens with one attached hydrogen (secondary N) is 2. The van der Waals surface area contributed by atoms with E-state index >= 15 is 0 Å². The number of hydrogen-bond donors (Lipinski definition) is 2. The van der Waals surface area contributed by atoms with Gasteiger partial charge in [0, 0.05) is 5.02 Å². The van der Waals surface area contributed by atoms with Gasteiger partial charge in [-0.3, -0.25) is 5.10 Å². The van der Waals surface area contributed by atoms with Crippen LogP contribution >= 0.6 is 27.5 Å². The minimum atomic E-state index is -3.80. The first kappa shape index (κ1) is 15.2. The number of methoxy groups -OCH3 is 1. The molecule has 0 saturated heterocycles. The number of halogens is 2. The van der Waals surface area contributed by atoms with E-state index in [2.05, 4.69) is 35.8 Å². The van der Waals surface area contributed by atoms with Crippen LogP contribution in [0.15, 0.2) is 27.8 Å². The molecule has 0 saturated carbocycles. The monoisotopic (exact) mass is 380 g/mol. The Balaban J connectivity index is 2.33. The third-order valence-corrected chi connectivity index (χ3v) is 4.58. The molecule has 0 atom stereocenters. The van der Waals surface area contributed by atoms with Gasteiger partial charge in [0.1, 0.15) is 17.0 Å². The molecule has 0 aliphatic heterocycles. The molecule has 10 heteroatoms. The number of sulfonamides is 1. The summed E-state index contributed by atoms with van der Waals surface area (Å²) in [5.74, 6) is 0.577. The molecule has 0 aliphatic rings. The van der Waals surface area contributed by atoms with Gasteiger partial charge in [-0.05, 0) is 28.1 Å². The minimum absolute atomic E-state index is 0.0182. The molecule has 0 bridgehead atoms. The van der Waals surface area contributed by atoms with Gasteiger partial charge in [-0.1, -0.05) is 11.6 Å². The van der Waals surface area contributed by atoms with Crippen LogP contribution in [0.1, 0.15) is 5.82 Å². The maximum Gasteiger partial charge on any atom is 0.244 e. The van der Waals surface area contributed by atoms with Gasteiger partial charge in [-0.25, -0.2) is 18.1 Å². The van der Waals surface area contributed by atoms with Crippen LogP contribution in [-0.2, 0) is 16.6 Å². The second kappa shape index (κ2) is 6.08. The van der Waals surface area contributed by atoms with Crippen molar-refractivity contribution in [3.63, 3.8) is 0 Å². The number of aromatic amines is 1. The Morgan fingerprint density at radius 3 is 2.85 bits per heavy atom. The predicted octanol–water partition coefficient (Wildman–Crippen LogP) is 1.71. The van der Waals surface area contributed by atoms with E-state index in [-0.39, 0.29) is 22.2 Å². The van der Waals surface area contributed by atoms with E-state index in [4.69, 9.17) is 16.3 Å². The Morgan fingerprint density at radius 2 is 2.25 bits per heavy atom. The number of rotatable bonds is 5. The lowest BCUT2D eigenvalue weighted by Crippen LogP contribution is -2.24. The van der Waals surface area contributed by atoms with Crippen molar-refractivity contribution in [3.8, 4) is 5.75 Å². The Hall–Kier alpha value is -1.16. The molecular weight excluding hydrogens is 372 g/mol. The summed E-state index contributed by atoms with van der Waals surface area (Å²) < 4.78 is 32.5. The van der Waals surface area contributed by atoms with Crippen molar-refractivity contribution in [1.29, 1.82) is 0 Å². The summed E-state index contributed by atoms with van der Waals surface area (Å²) in [6.45, 7) is -0.0182. The van der Waals surface area contributed by atoms with Crippen LogP contribution in [0, 0.1) is 0 Å². The summed E-state index contributed by atoms with van der Waals surface area (Å²) >= 11 is 9.09. The van der Waals surface area contributed by atoms with Crippen molar-refractivity contribution in [2.24, 2.45) is 0 Å². The van der Waals surface area contributed by atoms with E-state index < -0.39 is 10.0 Å². The molecule has 2 rings (SSSR count). The van der Waals surface area contributed by atoms with Crippen molar-refractivity contribution < 1.29 is 13.2 Å². The fourth-order valence-electron chi connectivity index (χ4n) is 1.49. The number of aromatic nitrogens is 3. The molecule has 2 N–H and O–H groups in total. The summed E-state index contributed by atoms with van der Waals surface area (Å²) in [6.07, 6.45) is 1.29. The van der Waals surface area contributed by atoms with E-state index in [0.717, 1.165) is 0 Å². The maximum absolute atomic E-state index is 12.3. The molecule has 0 amide bonds. The molecule has 1 aromatic heterocycles. The molecule has 0 fully saturated rings. The average Bonchev–Trinajstić information content (AvgIpc) is 2.89. The Morgan fingerprint density at radius 1 is 1.50 bits per heavy atom. The Labute approximate surface area is 128 Å². The van der Waals surface area contributed by atoms with Crippen LogP contribution in [-0.4, -0.2) is 30.7 Å². The van der Waals surface area contributed by atoms with Gasteiger partial charge >= 0.3 is 0 Å². The number of ether oxygens (including phenoxy) is 1. The Bertz CT molecular complexity index is 706. The number of nitrogens with zero attached hydrogens (tertiary/aromatic N) is 2. The lowest BCUT2D eigenvalue weighted by Gasteiger charge is -2.12. The molecule has 0 aliphatic carbocycles. The van der Waals surface area contributed by atoms with Crippen LogP contribution in [0.4, 0.5) is 0 Å². The van der Waals surface area contributed by atoms with E-state index in [0.29, 0.717) is 10.3 Å². The summed E-state index contributed by atoms with van der Waals surface area (Å²) in [5.41, 5.74) is 0. The summed E-state index contributed by atoms with van der Waals surface area (Å²) in [5, 5.41) is 6.47. The fourth-order valence-corrected chi connectivity index (χ4v) is 3.86. The zero-order valence-electron chi connectivity index (χ0n) is 10.2. The second-order valence-electron chi connectivity index (χ2n) is 3.68. The first-order chi connectivity index (χ1) is 9.44. The molecule has 0 spiro atoms. The van der Waals surface area contributed by atoms with Gasteiger partial charge in [0.05, 0.1) is 18.1 Å². The molecule has 108 valence electrons. The van der Waals surface area contributed by atoms with Crippen molar-refractivity contribution in [3.05, 3.63) is 33.8 Å². The largest absolute Gasteiger partial charge is 0.494 e. The van der Waals surface area contributed by atoms with E-state index in [1.54, 1.807) is 6.07 Å². The number of benzene rings is 1. The van der Waals surface area contributed by atoms with Crippen molar-refractivity contribution in [2.45, 2.75) is 11.4 Å². The molecular formula is C10H10BrClN4O3S. The Kier molecular flexibility index (Phi) is 4.63. The minimum Gasteiger partial charge on any atom is -0.494 e. The summed E-state index contributed by atoms with van der Waals surface area (Å²) in [4.78, 5) is 3.77. The highest BCUT2D eigenvalue weighted by Crippen LogP contribution is 2.35. The zero-order valence-corrected chi connectivity index (χ0v) is 13.4. The van der Waals surface area contributed by atoms with Crippen LogP contribution < -0.4 is 9.46 Å². The molecule has 0 unspecified atom stereocenters. The first-order valence-electron chi connectivity index (χ1n) is 5.31. The highest BCUT2D eigenvalue weighted by Gasteiger charge is 2.22. The summed E-state index contributed by atoms with van der Waals surface area (Å²) in [7, 11) is -2.42. The highest BCUT2D eigenvalue weighted by atomic mass is 79.9. The lowest BCUT2D eigenvalue weighted by molar-refractivity contribution is 0.399. The average molecular weight is 382 g/mol. The third kappa shape index (κ3) is 3.29. The van der Waals surface area contributed by atoms with Crippen LogP contribution in [0.5, 0.6) is 5.75 Å². The van der Waals surface area contributed by atoms with Crippen molar-refractivity contribution >= 4 is 37.6 Å². The van der Waals surface area contributed by atoms with Crippen molar-refractivity contribution in [2.75, 3.05) is 7.11 Å². The van der Waals surface area contributed by atoms with Crippen LogP contribution in [0.3, 0.4) is 0 Å². The topological polar surface area (TPSA) is 97.0 Å². The molecule has 7 nitrogen and oxygen atoms in total. The quantitative estimate of drug-likeness (QED) is 0.822. The van der Waals surface area contributed by atoms with Gasteiger partial charge < -0.3 is 4.74 Å². The zero-order chi connectivity index (χ0) is 14.8. The third-order valence-electron chi connectivity index (χ3n) is 2.36.